The molecule has 2 aliphatic heterocycles. The predicted octanol–water partition coefficient (Wildman–Crippen LogP) is 2.76. The summed E-state index contributed by atoms with van der Waals surface area (Å²) in [6, 6.07) is 0. The summed E-state index contributed by atoms with van der Waals surface area (Å²) >= 11 is 0. The van der Waals surface area contributed by atoms with Crippen LogP contribution >= 0.6 is 0 Å². The van der Waals surface area contributed by atoms with Crippen LogP contribution in [0, 0.1) is 10.8 Å². The van der Waals surface area contributed by atoms with Gasteiger partial charge in [-0.05, 0) is 30.7 Å². The van der Waals surface area contributed by atoms with Crippen molar-refractivity contribution in [2.75, 3.05) is 20.1 Å². The molecular formula is C11H23N. The van der Waals surface area contributed by atoms with Gasteiger partial charge in [0.05, 0.1) is 0 Å². The molecule has 1 nitrogen and oxygen atoms in total. The van der Waals surface area contributed by atoms with E-state index in [2.05, 4.69) is 25.8 Å². The first kappa shape index (κ1) is 10.0. The van der Waals surface area contributed by atoms with Crippen LogP contribution in [0.5, 0.6) is 0 Å². The van der Waals surface area contributed by atoms with Crippen LogP contribution in [0.15, 0.2) is 0 Å². The van der Waals surface area contributed by atoms with Crippen LogP contribution in [-0.4, -0.2) is 25.0 Å². The number of rotatable bonds is 0. The van der Waals surface area contributed by atoms with Gasteiger partial charge in [-0.25, -0.2) is 0 Å². The Hall–Kier alpha value is -0.0400. The molecule has 3 rings (SSSR count). The van der Waals surface area contributed by atoms with Crippen LogP contribution in [-0.2, 0) is 0 Å². The van der Waals surface area contributed by atoms with E-state index in [0.29, 0.717) is 10.8 Å². The fourth-order valence-corrected chi connectivity index (χ4v) is 3.59. The normalized spacial score (nSPS) is 45.8. The summed E-state index contributed by atoms with van der Waals surface area (Å²) in [6.45, 7) is 11.5. The maximum atomic E-state index is 2.48. The Morgan fingerprint density at radius 1 is 0.917 bits per heavy atom. The van der Waals surface area contributed by atoms with E-state index in [1.54, 1.807) is 0 Å². The molecule has 72 valence electrons. The van der Waals surface area contributed by atoms with Crippen molar-refractivity contribution in [1.29, 1.82) is 0 Å². The number of nitrogens with zero attached hydrogens (tertiary/aromatic N) is 1. The molecule has 0 aromatic carbocycles. The van der Waals surface area contributed by atoms with Gasteiger partial charge in [0, 0.05) is 13.1 Å². The van der Waals surface area contributed by atoms with Crippen molar-refractivity contribution in [3.8, 4) is 0 Å². The average molecular weight is 169 g/mol. The van der Waals surface area contributed by atoms with Gasteiger partial charge in [0.2, 0.25) is 0 Å². The molecule has 3 aliphatic rings. The molecule has 0 unspecified atom stereocenters. The lowest BCUT2D eigenvalue weighted by Crippen LogP contribution is -2.59. The van der Waals surface area contributed by atoms with Crippen LogP contribution in [0.1, 0.15) is 40.5 Å². The van der Waals surface area contributed by atoms with Crippen LogP contribution in [0.2, 0.25) is 0 Å². The van der Waals surface area contributed by atoms with Crippen molar-refractivity contribution in [3.63, 3.8) is 0 Å². The second-order valence-electron chi connectivity index (χ2n) is 5.15. The van der Waals surface area contributed by atoms with Crippen molar-refractivity contribution < 1.29 is 0 Å². The largest absolute Gasteiger partial charge is 0.305 e. The number of piperidine rings is 2. The number of fused-ring (bicyclic) bond motifs is 2. The molecule has 0 atom stereocenters. The Kier molecular flexibility index (Phi) is 2.53. The lowest BCUT2D eigenvalue weighted by molar-refractivity contribution is -0.104. The summed E-state index contributed by atoms with van der Waals surface area (Å²) in [6.07, 6.45) is 2.93. The lowest BCUT2D eigenvalue weighted by atomic mass is 9.51. The minimum Gasteiger partial charge on any atom is -0.305 e. The molecule has 0 aromatic heterocycles. The highest BCUT2D eigenvalue weighted by atomic mass is 15.1. The highest BCUT2D eigenvalue weighted by Crippen LogP contribution is 2.57. The van der Waals surface area contributed by atoms with E-state index < -0.39 is 0 Å². The molecule has 0 radical (unpaired) electrons. The van der Waals surface area contributed by atoms with E-state index in [9.17, 15) is 0 Å². The summed E-state index contributed by atoms with van der Waals surface area (Å²) in [5.74, 6) is 0. The summed E-state index contributed by atoms with van der Waals surface area (Å²) in [4.78, 5) is 2.48. The van der Waals surface area contributed by atoms with Gasteiger partial charge in [-0.3, -0.25) is 0 Å². The third kappa shape index (κ3) is 1.66. The summed E-state index contributed by atoms with van der Waals surface area (Å²) in [7, 11) is 2.24. The number of hydrogen-bond acceptors (Lipinski definition) is 1. The zero-order chi connectivity index (χ0) is 9.41. The smallest absolute Gasteiger partial charge is 0.00329 e. The van der Waals surface area contributed by atoms with E-state index >= 15 is 0 Å². The van der Waals surface area contributed by atoms with Gasteiger partial charge >= 0.3 is 0 Å². The second kappa shape index (κ2) is 3.02. The van der Waals surface area contributed by atoms with Gasteiger partial charge in [-0.1, -0.05) is 27.7 Å². The first-order valence-corrected chi connectivity index (χ1v) is 5.20. The van der Waals surface area contributed by atoms with E-state index in [1.165, 1.54) is 25.9 Å². The molecule has 2 heterocycles. The fraction of sp³-hybridized carbons (Fsp3) is 1.00. The molecule has 1 saturated carbocycles. The molecule has 0 N–H and O–H groups in total. The Morgan fingerprint density at radius 2 is 1.25 bits per heavy atom. The van der Waals surface area contributed by atoms with Crippen molar-refractivity contribution >= 4 is 0 Å². The highest BCUT2D eigenvalue weighted by Gasteiger charge is 2.53. The van der Waals surface area contributed by atoms with Crippen LogP contribution < -0.4 is 0 Å². The Morgan fingerprint density at radius 3 is 1.50 bits per heavy atom. The van der Waals surface area contributed by atoms with E-state index in [-0.39, 0.29) is 0 Å². The fourth-order valence-electron chi connectivity index (χ4n) is 3.59. The highest BCUT2D eigenvalue weighted by molar-refractivity contribution is 5.05. The first-order chi connectivity index (χ1) is 5.52. The third-order valence-electron chi connectivity index (χ3n) is 3.01. The molecule has 0 aromatic rings. The monoisotopic (exact) mass is 169 g/mol. The molecule has 1 aliphatic carbocycles. The van der Waals surface area contributed by atoms with Gasteiger partial charge in [-0.15, -0.1) is 0 Å². The van der Waals surface area contributed by atoms with Crippen molar-refractivity contribution in [3.05, 3.63) is 0 Å². The zero-order valence-electron chi connectivity index (χ0n) is 9.28. The third-order valence-corrected chi connectivity index (χ3v) is 3.01. The topological polar surface area (TPSA) is 3.24 Å². The average Bonchev–Trinajstić information content (AvgIpc) is 1.84. The minimum atomic E-state index is 0.682. The van der Waals surface area contributed by atoms with Crippen molar-refractivity contribution in [2.45, 2.75) is 40.5 Å². The zero-order valence-corrected chi connectivity index (χ0v) is 9.28. The quantitative estimate of drug-likeness (QED) is 0.539. The van der Waals surface area contributed by atoms with Crippen LogP contribution in [0.25, 0.3) is 0 Å². The van der Waals surface area contributed by atoms with E-state index in [1.807, 2.05) is 13.8 Å². The lowest BCUT2D eigenvalue weighted by Gasteiger charge is -2.61. The van der Waals surface area contributed by atoms with E-state index in [0.717, 1.165) is 0 Å². The van der Waals surface area contributed by atoms with Crippen molar-refractivity contribution in [1.82, 2.24) is 4.90 Å². The molecule has 1 heteroatoms. The van der Waals surface area contributed by atoms with Gasteiger partial charge in [0.15, 0.2) is 0 Å². The maximum Gasteiger partial charge on any atom is 0.00329 e. The first-order valence-electron chi connectivity index (χ1n) is 5.20. The molecule has 12 heavy (non-hydrogen) atoms. The predicted molar refractivity (Wildman–Crippen MR) is 54.3 cm³/mol. The number of hydrogen-bond donors (Lipinski definition) is 0. The second-order valence-corrected chi connectivity index (χ2v) is 5.15. The summed E-state index contributed by atoms with van der Waals surface area (Å²) in [5, 5.41) is 0. The van der Waals surface area contributed by atoms with Gasteiger partial charge in [0.1, 0.15) is 0 Å². The van der Waals surface area contributed by atoms with Crippen LogP contribution in [0.3, 0.4) is 0 Å². The Bertz CT molecular complexity index is 129. The summed E-state index contributed by atoms with van der Waals surface area (Å²) in [5.41, 5.74) is 1.36. The Balaban J connectivity index is 0.000000336. The standard InChI is InChI=1S/C9H17N.C2H6/c1-8-4-9(2,5-8)7-10(3)6-8;1-2/h4-7H2,1-3H3;1-2H3. The molecule has 2 saturated heterocycles. The van der Waals surface area contributed by atoms with Crippen molar-refractivity contribution in [2.24, 2.45) is 10.8 Å². The van der Waals surface area contributed by atoms with Gasteiger partial charge in [-0.2, -0.15) is 0 Å². The molecule has 2 bridgehead atoms. The molecule has 0 amide bonds. The Labute approximate surface area is 77.1 Å². The molecular weight excluding hydrogens is 146 g/mol. The maximum absolute atomic E-state index is 2.48. The van der Waals surface area contributed by atoms with E-state index in [4.69, 9.17) is 0 Å². The van der Waals surface area contributed by atoms with Gasteiger partial charge < -0.3 is 4.90 Å². The molecule has 3 fully saturated rings. The minimum absolute atomic E-state index is 0.682. The SMILES string of the molecule is CC.CN1CC2(C)CC(C)(C1)C2. The summed E-state index contributed by atoms with van der Waals surface area (Å²) < 4.78 is 0. The van der Waals surface area contributed by atoms with Crippen LogP contribution in [0.4, 0.5) is 0 Å². The molecule has 0 spiro atoms. The van der Waals surface area contributed by atoms with Gasteiger partial charge in [0.25, 0.3) is 0 Å².